The second-order valence-corrected chi connectivity index (χ2v) is 0.778. The first kappa shape index (κ1) is 4.09. The zero-order valence-corrected chi connectivity index (χ0v) is 4.11. The molecule has 0 spiro atoms. The summed E-state index contributed by atoms with van der Waals surface area (Å²) in [6, 6.07) is 2.17. The molecule has 0 fully saturated rings. The van der Waals surface area contributed by atoms with Crippen LogP contribution >= 0.6 is 22.6 Å². The third-order valence-electron chi connectivity index (χ3n) is 0.0546. The number of hydrogen-bond acceptors (Lipinski definition) is 1. The molecule has 1 nitrogen and oxygen atoms in total. The van der Waals surface area contributed by atoms with Crippen LogP contribution in [0.15, 0.2) is 0 Å². The molecule has 0 saturated heterocycles. The second-order valence-electron chi connectivity index (χ2n) is 0.239. The van der Waals surface area contributed by atoms with Crippen molar-refractivity contribution in [2.45, 2.75) is 0 Å². The highest BCUT2D eigenvalue weighted by molar-refractivity contribution is 14.1. The van der Waals surface area contributed by atoms with Gasteiger partial charge in [0.25, 0.3) is 0 Å². The standard InChI is InChI=1S/C2H2IN/c3-1-2-4/h4H2. The van der Waals surface area contributed by atoms with Gasteiger partial charge in [0.15, 0.2) is 0 Å². The second kappa shape index (κ2) is 3.09. The van der Waals surface area contributed by atoms with Crippen molar-refractivity contribution in [1.29, 1.82) is 0 Å². The molecule has 2 heteroatoms. The van der Waals surface area contributed by atoms with E-state index in [2.05, 4.69) is 15.7 Å². The maximum absolute atomic E-state index is 4.66. The van der Waals surface area contributed by atoms with Crippen molar-refractivity contribution in [2.24, 2.45) is 5.73 Å². The SMILES string of the molecule is NC#CI. The molecule has 0 heterocycles. The Morgan fingerprint density at radius 1 is 1.75 bits per heavy atom. The van der Waals surface area contributed by atoms with E-state index in [-0.39, 0.29) is 0 Å². The zero-order valence-electron chi connectivity index (χ0n) is 1.96. The van der Waals surface area contributed by atoms with Crippen LogP contribution in [0.4, 0.5) is 0 Å². The molecule has 0 aromatic rings. The molecule has 4 heavy (non-hydrogen) atoms. The van der Waals surface area contributed by atoms with Crippen LogP contribution in [0.25, 0.3) is 0 Å². The van der Waals surface area contributed by atoms with Crippen LogP contribution in [0.3, 0.4) is 0 Å². The van der Waals surface area contributed by atoms with Crippen LogP contribution in [0.5, 0.6) is 0 Å². The minimum Gasteiger partial charge on any atom is -0.359 e. The van der Waals surface area contributed by atoms with E-state index in [1.165, 1.54) is 0 Å². The molecule has 22 valence electrons. The van der Waals surface area contributed by atoms with Crippen molar-refractivity contribution in [2.75, 3.05) is 0 Å². The predicted molar refractivity (Wildman–Crippen MR) is 26.0 cm³/mol. The van der Waals surface area contributed by atoms with E-state index in [0.29, 0.717) is 0 Å². The molecular weight excluding hydrogens is 165 g/mol. The van der Waals surface area contributed by atoms with Crippen LogP contribution in [-0.4, -0.2) is 0 Å². The molecule has 0 aromatic carbocycles. The van der Waals surface area contributed by atoms with E-state index >= 15 is 0 Å². The Bertz CT molecular complexity index is 42.8. The maximum atomic E-state index is 4.66. The summed E-state index contributed by atoms with van der Waals surface area (Å²) in [5.74, 6) is 0. The highest BCUT2D eigenvalue weighted by atomic mass is 127. The monoisotopic (exact) mass is 167 g/mol. The normalized spacial score (nSPS) is 3.25. The van der Waals surface area contributed by atoms with Crippen LogP contribution in [0.1, 0.15) is 0 Å². The first-order valence-corrected chi connectivity index (χ1v) is 1.81. The largest absolute Gasteiger partial charge is 0.359 e. The van der Waals surface area contributed by atoms with Gasteiger partial charge in [0.1, 0.15) is 0 Å². The Kier molecular flexibility index (Phi) is 3.16. The molecule has 0 aromatic heterocycles. The minimum absolute atomic E-state index is 1.87. The topological polar surface area (TPSA) is 26.0 Å². The van der Waals surface area contributed by atoms with Crippen molar-refractivity contribution < 1.29 is 0 Å². The Balaban J connectivity index is 2.83. The Hall–Kier alpha value is 0.0900. The fourth-order valence-electron chi connectivity index (χ4n) is 0. The Morgan fingerprint density at radius 2 is 2.00 bits per heavy atom. The molecule has 0 aliphatic carbocycles. The van der Waals surface area contributed by atoms with Gasteiger partial charge < -0.3 is 5.73 Å². The molecule has 0 bridgehead atoms. The van der Waals surface area contributed by atoms with E-state index in [4.69, 9.17) is 0 Å². The van der Waals surface area contributed by atoms with E-state index < -0.39 is 0 Å². The summed E-state index contributed by atoms with van der Waals surface area (Å²) in [4.78, 5) is 0. The van der Waals surface area contributed by atoms with Gasteiger partial charge in [-0.2, -0.15) is 0 Å². The lowest BCUT2D eigenvalue weighted by atomic mass is 11.2. The number of hydrogen-bond donors (Lipinski definition) is 1. The summed E-state index contributed by atoms with van der Waals surface area (Å²) in [5, 5.41) is 0. The lowest BCUT2D eigenvalue weighted by molar-refractivity contribution is 1.75. The lowest BCUT2D eigenvalue weighted by Gasteiger charge is -1.41. The van der Waals surface area contributed by atoms with E-state index in [1.807, 2.05) is 22.6 Å². The van der Waals surface area contributed by atoms with E-state index in [9.17, 15) is 0 Å². The van der Waals surface area contributed by atoms with Crippen LogP contribution in [0.2, 0.25) is 0 Å². The number of nitrogens with two attached hydrogens (primary N) is 1. The molecule has 0 amide bonds. The fraction of sp³-hybridized carbons (Fsp3) is 0. The van der Waals surface area contributed by atoms with E-state index in [0.717, 1.165) is 0 Å². The van der Waals surface area contributed by atoms with Gasteiger partial charge in [-0.1, -0.05) is 0 Å². The summed E-state index contributed by atoms with van der Waals surface area (Å²) >= 11 is 1.87. The van der Waals surface area contributed by atoms with Gasteiger partial charge in [-0.3, -0.25) is 0 Å². The molecule has 0 saturated carbocycles. The predicted octanol–water partition coefficient (Wildman–Crippen LogP) is 0.299. The number of halogens is 1. The van der Waals surface area contributed by atoms with Gasteiger partial charge in [-0.25, -0.2) is 0 Å². The Labute approximate surface area is 38.7 Å². The molecule has 0 aliphatic heterocycles. The number of rotatable bonds is 0. The fourth-order valence-corrected chi connectivity index (χ4v) is 0. The van der Waals surface area contributed by atoms with Crippen LogP contribution in [-0.2, 0) is 0 Å². The summed E-state index contributed by atoms with van der Waals surface area (Å²) in [5.41, 5.74) is 4.66. The highest BCUT2D eigenvalue weighted by Gasteiger charge is 1.29. The smallest absolute Gasteiger partial charge is 0.0202 e. The van der Waals surface area contributed by atoms with Gasteiger partial charge in [-0.05, 0) is 3.93 Å². The molecule has 0 radical (unpaired) electrons. The summed E-state index contributed by atoms with van der Waals surface area (Å²) in [7, 11) is 0. The summed E-state index contributed by atoms with van der Waals surface area (Å²) < 4.78 is 2.43. The van der Waals surface area contributed by atoms with E-state index in [1.54, 1.807) is 0 Å². The van der Waals surface area contributed by atoms with Crippen molar-refractivity contribution >= 4 is 22.6 Å². The van der Waals surface area contributed by atoms with Crippen molar-refractivity contribution in [3.8, 4) is 9.97 Å². The van der Waals surface area contributed by atoms with Crippen molar-refractivity contribution in [3.05, 3.63) is 0 Å². The zero-order chi connectivity index (χ0) is 3.41. The molecule has 0 aliphatic rings. The van der Waals surface area contributed by atoms with Crippen molar-refractivity contribution in [3.63, 3.8) is 0 Å². The average molecular weight is 167 g/mol. The molecule has 0 rings (SSSR count). The van der Waals surface area contributed by atoms with Crippen molar-refractivity contribution in [1.82, 2.24) is 0 Å². The third-order valence-corrected chi connectivity index (χ3v) is 0.366. The first-order chi connectivity index (χ1) is 1.91. The van der Waals surface area contributed by atoms with Gasteiger partial charge in [-0.15, -0.1) is 0 Å². The minimum atomic E-state index is 1.87. The third kappa shape index (κ3) is 2.09. The lowest BCUT2D eigenvalue weighted by Crippen LogP contribution is -1.71. The first-order valence-electron chi connectivity index (χ1n) is 0.728. The quantitative estimate of drug-likeness (QED) is 0.313. The average Bonchev–Trinajstić information content (AvgIpc) is 1.37. The Morgan fingerprint density at radius 3 is 2.00 bits per heavy atom. The molecule has 0 unspecified atom stereocenters. The maximum Gasteiger partial charge on any atom is 0.0202 e. The molecule has 0 atom stereocenters. The van der Waals surface area contributed by atoms with Gasteiger partial charge in [0.05, 0.1) is 0 Å². The van der Waals surface area contributed by atoms with Gasteiger partial charge in [0.2, 0.25) is 0 Å². The molecule has 2 N–H and O–H groups in total. The summed E-state index contributed by atoms with van der Waals surface area (Å²) in [6.45, 7) is 0. The molecular formula is C2H2IN. The van der Waals surface area contributed by atoms with Gasteiger partial charge in [0, 0.05) is 28.6 Å². The highest BCUT2D eigenvalue weighted by Crippen LogP contribution is 1.62. The van der Waals surface area contributed by atoms with Crippen LogP contribution in [0, 0.1) is 9.97 Å². The van der Waals surface area contributed by atoms with Crippen LogP contribution < -0.4 is 5.73 Å². The summed E-state index contributed by atoms with van der Waals surface area (Å²) in [6.07, 6.45) is 0. The van der Waals surface area contributed by atoms with Gasteiger partial charge >= 0.3 is 0 Å².